The standard InChI is InChI=1S/C33H33ClF2O4SSi/c1-33(2,42(39,26-11-5-3-6-12-26)27-13-7-4-8-14-27)21-9-10-23-22-40-31-29(36)20-19-28(35)30(31)32(23)41(37,38)25-17-15-24(34)16-18-25/h3-8,11-20,23,32,39H,9-10,21-22H2,1-2H3/t23-,32+/m0/s1. The fourth-order valence-corrected chi connectivity index (χ4v) is 12.2. The zero-order valence-electron chi connectivity index (χ0n) is 23.4. The summed E-state index contributed by atoms with van der Waals surface area (Å²) in [5.41, 5.74) is -0.278. The molecule has 1 aliphatic rings. The zero-order valence-corrected chi connectivity index (χ0v) is 26.0. The van der Waals surface area contributed by atoms with Crippen LogP contribution in [0.5, 0.6) is 5.75 Å². The second-order valence-corrected chi connectivity index (χ2v) is 17.9. The number of ether oxygens (including phenoxy) is 1. The van der Waals surface area contributed by atoms with E-state index in [0.717, 1.165) is 22.5 Å². The van der Waals surface area contributed by atoms with Crippen molar-refractivity contribution in [3.63, 3.8) is 0 Å². The van der Waals surface area contributed by atoms with E-state index in [-0.39, 0.29) is 22.8 Å². The predicted molar refractivity (Wildman–Crippen MR) is 165 cm³/mol. The number of sulfone groups is 1. The monoisotopic (exact) mass is 626 g/mol. The second-order valence-electron chi connectivity index (χ2n) is 11.5. The van der Waals surface area contributed by atoms with Crippen LogP contribution in [0, 0.1) is 17.6 Å². The Morgan fingerprint density at radius 2 is 1.43 bits per heavy atom. The molecule has 9 heteroatoms. The lowest BCUT2D eigenvalue weighted by Crippen LogP contribution is -2.65. The van der Waals surface area contributed by atoms with Crippen molar-refractivity contribution in [1.82, 2.24) is 0 Å². The first-order chi connectivity index (χ1) is 20.0. The molecule has 0 spiro atoms. The van der Waals surface area contributed by atoms with Crippen LogP contribution < -0.4 is 15.1 Å². The van der Waals surface area contributed by atoms with Crippen molar-refractivity contribution in [3.05, 3.63) is 119 Å². The molecule has 0 aliphatic carbocycles. The van der Waals surface area contributed by atoms with Gasteiger partial charge in [-0.2, -0.15) is 0 Å². The van der Waals surface area contributed by atoms with Gasteiger partial charge in [-0.3, -0.25) is 0 Å². The van der Waals surface area contributed by atoms with Gasteiger partial charge in [-0.1, -0.05) is 92.5 Å². The average molecular weight is 627 g/mol. The second kappa shape index (κ2) is 11.9. The van der Waals surface area contributed by atoms with E-state index >= 15 is 4.39 Å². The first-order valence-electron chi connectivity index (χ1n) is 13.9. The van der Waals surface area contributed by atoms with E-state index in [0.29, 0.717) is 24.3 Å². The molecule has 4 nitrogen and oxygen atoms in total. The molecule has 4 aromatic carbocycles. The molecule has 4 aromatic rings. The Hall–Kier alpha value is -3.04. The van der Waals surface area contributed by atoms with Crippen LogP contribution in [0.3, 0.4) is 0 Å². The van der Waals surface area contributed by atoms with Crippen molar-refractivity contribution in [2.45, 2.75) is 48.3 Å². The SMILES string of the molecule is CC(C)(CCC[C@H]1COc2c(F)ccc(F)c2[C@@H]1S(=O)(=O)c1ccc(Cl)cc1)[Si](O)(c1ccccc1)c1ccccc1. The molecular formula is C33H33ClF2O4SSi. The highest BCUT2D eigenvalue weighted by Gasteiger charge is 2.50. The maximum absolute atomic E-state index is 15.3. The van der Waals surface area contributed by atoms with E-state index in [4.69, 9.17) is 16.3 Å². The van der Waals surface area contributed by atoms with Crippen LogP contribution in [0.15, 0.2) is 102 Å². The minimum absolute atomic E-state index is 0.0197. The van der Waals surface area contributed by atoms with Gasteiger partial charge in [0.2, 0.25) is 0 Å². The van der Waals surface area contributed by atoms with Gasteiger partial charge in [0.05, 0.1) is 17.1 Å². The fourth-order valence-electron chi connectivity index (χ4n) is 6.18. The van der Waals surface area contributed by atoms with E-state index < -0.39 is 46.0 Å². The maximum atomic E-state index is 15.3. The van der Waals surface area contributed by atoms with Crippen LogP contribution in [0.1, 0.15) is 43.9 Å². The van der Waals surface area contributed by atoms with Crippen molar-refractivity contribution in [2.24, 2.45) is 5.92 Å². The number of hydrogen-bond donors (Lipinski definition) is 1. The van der Waals surface area contributed by atoms with Gasteiger partial charge < -0.3 is 9.53 Å². The zero-order chi connectivity index (χ0) is 30.1. The molecule has 1 heterocycles. The highest BCUT2D eigenvalue weighted by atomic mass is 35.5. The van der Waals surface area contributed by atoms with Crippen LogP contribution >= 0.6 is 11.6 Å². The Bertz CT molecular complexity index is 1610. The molecule has 0 saturated heterocycles. The largest absolute Gasteiger partial charge is 0.490 e. The van der Waals surface area contributed by atoms with E-state index in [2.05, 4.69) is 0 Å². The summed E-state index contributed by atoms with van der Waals surface area (Å²) in [6.07, 6.45) is 1.47. The predicted octanol–water partition coefficient (Wildman–Crippen LogP) is 6.84. The number of rotatable bonds is 9. The third-order valence-electron chi connectivity index (χ3n) is 8.46. The summed E-state index contributed by atoms with van der Waals surface area (Å²) in [6, 6.07) is 26.9. The summed E-state index contributed by atoms with van der Waals surface area (Å²) in [7, 11) is -7.42. The van der Waals surface area contributed by atoms with Gasteiger partial charge in [-0.15, -0.1) is 0 Å². The van der Waals surface area contributed by atoms with Crippen molar-refractivity contribution in [1.29, 1.82) is 0 Å². The molecule has 0 unspecified atom stereocenters. The smallest absolute Gasteiger partial charge is 0.258 e. The lowest BCUT2D eigenvalue weighted by atomic mass is 9.90. The first kappa shape index (κ1) is 30.4. The number of hydrogen-bond acceptors (Lipinski definition) is 4. The minimum atomic E-state index is -4.15. The van der Waals surface area contributed by atoms with Crippen molar-refractivity contribution in [3.8, 4) is 5.75 Å². The Balaban J connectivity index is 1.47. The number of halogens is 3. The van der Waals surface area contributed by atoms with Crippen LogP contribution in [0.2, 0.25) is 10.1 Å². The van der Waals surface area contributed by atoms with Gasteiger partial charge in [-0.05, 0) is 64.7 Å². The molecule has 0 saturated carbocycles. The molecule has 1 aliphatic heterocycles. The summed E-state index contributed by atoms with van der Waals surface area (Å²) in [6.45, 7) is 4.01. The minimum Gasteiger partial charge on any atom is -0.490 e. The highest BCUT2D eigenvalue weighted by molar-refractivity contribution is 7.91. The normalized spacial score (nSPS) is 17.4. The Morgan fingerprint density at radius 3 is 2.00 bits per heavy atom. The fraction of sp³-hybridized carbons (Fsp3) is 0.273. The Morgan fingerprint density at radius 1 is 0.881 bits per heavy atom. The molecule has 0 radical (unpaired) electrons. The van der Waals surface area contributed by atoms with Crippen LogP contribution in [0.25, 0.3) is 0 Å². The van der Waals surface area contributed by atoms with Crippen molar-refractivity contribution in [2.75, 3.05) is 6.61 Å². The van der Waals surface area contributed by atoms with Crippen LogP contribution in [-0.2, 0) is 9.84 Å². The third kappa shape index (κ3) is 5.53. The van der Waals surface area contributed by atoms with Gasteiger partial charge in [0.15, 0.2) is 21.4 Å². The van der Waals surface area contributed by atoms with E-state index in [1.807, 2.05) is 74.5 Å². The van der Waals surface area contributed by atoms with E-state index in [1.54, 1.807) is 0 Å². The van der Waals surface area contributed by atoms with Crippen molar-refractivity contribution < 1.29 is 26.7 Å². The molecular weight excluding hydrogens is 594 g/mol. The van der Waals surface area contributed by atoms with Crippen molar-refractivity contribution >= 4 is 40.1 Å². The number of benzene rings is 4. The molecule has 0 bridgehead atoms. The lowest BCUT2D eigenvalue weighted by molar-refractivity contribution is 0.191. The van der Waals surface area contributed by atoms with Crippen LogP contribution in [0.4, 0.5) is 8.78 Å². The molecule has 0 amide bonds. The topological polar surface area (TPSA) is 63.6 Å². The molecule has 1 N–H and O–H groups in total. The Kier molecular flexibility index (Phi) is 8.63. The summed E-state index contributed by atoms with van der Waals surface area (Å²) < 4.78 is 63.7. The molecule has 5 rings (SSSR count). The summed E-state index contributed by atoms with van der Waals surface area (Å²) in [5.74, 6) is -2.63. The molecule has 42 heavy (non-hydrogen) atoms. The summed E-state index contributed by atoms with van der Waals surface area (Å²) >= 11 is 6.00. The lowest BCUT2D eigenvalue weighted by Gasteiger charge is -2.42. The number of fused-ring (bicyclic) bond motifs is 1. The van der Waals surface area contributed by atoms with Crippen LogP contribution in [-0.4, -0.2) is 28.1 Å². The highest BCUT2D eigenvalue weighted by Crippen LogP contribution is 2.48. The summed E-state index contributed by atoms with van der Waals surface area (Å²) in [4.78, 5) is 12.5. The average Bonchev–Trinajstić information content (AvgIpc) is 2.99. The maximum Gasteiger partial charge on any atom is 0.258 e. The molecule has 220 valence electrons. The van der Waals surface area contributed by atoms with E-state index in [1.165, 1.54) is 24.3 Å². The molecule has 0 aromatic heterocycles. The van der Waals surface area contributed by atoms with E-state index in [9.17, 15) is 17.6 Å². The first-order valence-corrected chi connectivity index (χ1v) is 17.8. The van der Waals surface area contributed by atoms with Gasteiger partial charge in [-0.25, -0.2) is 17.2 Å². The Labute approximate surface area is 252 Å². The molecule has 2 atom stereocenters. The third-order valence-corrected chi connectivity index (χ3v) is 15.5. The molecule has 0 fully saturated rings. The van der Waals surface area contributed by atoms with Gasteiger partial charge in [0.25, 0.3) is 8.32 Å². The van der Waals surface area contributed by atoms with Gasteiger partial charge >= 0.3 is 0 Å². The van der Waals surface area contributed by atoms with Gasteiger partial charge in [0, 0.05) is 10.9 Å². The van der Waals surface area contributed by atoms with Gasteiger partial charge in [0.1, 0.15) is 11.1 Å². The summed E-state index contributed by atoms with van der Waals surface area (Å²) in [5, 5.41) is 0.241. The quantitative estimate of drug-likeness (QED) is 0.207.